The minimum atomic E-state index is -0.388. The lowest BCUT2D eigenvalue weighted by molar-refractivity contribution is 0.00578. The molecule has 2 aromatic heterocycles. The minimum Gasteiger partial charge on any atom is -0.399 e. The van der Waals surface area contributed by atoms with Gasteiger partial charge in [-0.1, -0.05) is 109 Å². The molecule has 0 amide bonds. The molecule has 0 N–H and O–H groups in total. The predicted molar refractivity (Wildman–Crippen MR) is 186 cm³/mol. The zero-order valence-corrected chi connectivity index (χ0v) is 26.3. The maximum absolute atomic E-state index is 6.28. The van der Waals surface area contributed by atoms with Crippen LogP contribution in [0, 0.1) is 0 Å². The number of benzene rings is 5. The molecule has 6 nitrogen and oxygen atoms in total. The second-order valence-corrected chi connectivity index (χ2v) is 12.8. The second-order valence-electron chi connectivity index (χ2n) is 12.8. The molecule has 8 rings (SSSR count). The molecule has 46 heavy (non-hydrogen) atoms. The number of para-hydroxylation sites is 1. The molecule has 7 heteroatoms. The summed E-state index contributed by atoms with van der Waals surface area (Å²) in [5.74, 6) is 1.85. The standard InChI is InChI=1S/C39H33BN4O2/c1-38(2)39(3,4)46-40(45-38)30-22-19-26(20-23-30)29-21-24-34-32(25-29)31-17-11-12-18-33(31)44(34)37-42-35(27-13-7-5-8-14-27)41-36(43-37)28-15-9-6-10-16-28/h5-25H,1-4H3. The third-order valence-corrected chi connectivity index (χ3v) is 9.33. The summed E-state index contributed by atoms with van der Waals surface area (Å²) in [7, 11) is -0.388. The van der Waals surface area contributed by atoms with Crippen LogP contribution < -0.4 is 5.46 Å². The van der Waals surface area contributed by atoms with Crippen molar-refractivity contribution in [2.45, 2.75) is 38.9 Å². The number of hydrogen-bond donors (Lipinski definition) is 0. The molecule has 0 bridgehead atoms. The lowest BCUT2D eigenvalue weighted by Crippen LogP contribution is -2.41. The molecule has 1 fully saturated rings. The summed E-state index contributed by atoms with van der Waals surface area (Å²) in [5.41, 5.74) is 6.45. The largest absolute Gasteiger partial charge is 0.494 e. The van der Waals surface area contributed by atoms with Gasteiger partial charge in [-0.3, -0.25) is 4.57 Å². The Morgan fingerprint density at radius 1 is 0.500 bits per heavy atom. The molecule has 0 unspecified atom stereocenters. The lowest BCUT2D eigenvalue weighted by atomic mass is 9.78. The maximum atomic E-state index is 6.28. The van der Waals surface area contributed by atoms with Crippen molar-refractivity contribution in [1.82, 2.24) is 19.5 Å². The molecule has 0 saturated carbocycles. The quantitative estimate of drug-likeness (QED) is 0.186. The van der Waals surface area contributed by atoms with Crippen molar-refractivity contribution in [1.29, 1.82) is 0 Å². The van der Waals surface area contributed by atoms with Gasteiger partial charge in [0.15, 0.2) is 11.6 Å². The molecular weight excluding hydrogens is 567 g/mol. The molecule has 224 valence electrons. The van der Waals surface area contributed by atoms with Gasteiger partial charge in [0.2, 0.25) is 5.95 Å². The van der Waals surface area contributed by atoms with Crippen LogP contribution in [0.4, 0.5) is 0 Å². The van der Waals surface area contributed by atoms with E-state index in [4.69, 9.17) is 24.3 Å². The van der Waals surface area contributed by atoms with Crippen molar-refractivity contribution < 1.29 is 9.31 Å². The molecule has 0 atom stereocenters. The fourth-order valence-corrected chi connectivity index (χ4v) is 6.08. The summed E-state index contributed by atoms with van der Waals surface area (Å²) in [4.78, 5) is 15.0. The number of fused-ring (bicyclic) bond motifs is 3. The Labute approximate surface area is 268 Å². The summed E-state index contributed by atoms with van der Waals surface area (Å²) >= 11 is 0. The van der Waals surface area contributed by atoms with Crippen molar-refractivity contribution in [3.05, 3.63) is 127 Å². The topological polar surface area (TPSA) is 62.1 Å². The molecule has 3 heterocycles. The molecule has 1 saturated heterocycles. The van der Waals surface area contributed by atoms with Gasteiger partial charge in [0.25, 0.3) is 0 Å². The van der Waals surface area contributed by atoms with Crippen LogP contribution in [-0.2, 0) is 9.31 Å². The van der Waals surface area contributed by atoms with E-state index in [1.807, 2.05) is 60.7 Å². The minimum absolute atomic E-state index is 0.377. The van der Waals surface area contributed by atoms with Crippen LogP contribution in [0.1, 0.15) is 27.7 Å². The van der Waals surface area contributed by atoms with Crippen LogP contribution in [0.15, 0.2) is 127 Å². The maximum Gasteiger partial charge on any atom is 0.494 e. The molecule has 1 aliphatic rings. The zero-order valence-electron chi connectivity index (χ0n) is 26.3. The Kier molecular flexibility index (Phi) is 6.64. The Morgan fingerprint density at radius 3 is 1.63 bits per heavy atom. The summed E-state index contributed by atoms with van der Waals surface area (Å²) in [5, 5.41) is 2.27. The van der Waals surface area contributed by atoms with Crippen LogP contribution >= 0.6 is 0 Å². The average molecular weight is 601 g/mol. The van der Waals surface area contributed by atoms with E-state index in [0.29, 0.717) is 17.6 Å². The molecule has 5 aromatic carbocycles. The monoisotopic (exact) mass is 600 g/mol. The highest BCUT2D eigenvalue weighted by Gasteiger charge is 2.51. The van der Waals surface area contributed by atoms with E-state index in [9.17, 15) is 0 Å². The Morgan fingerprint density at radius 2 is 1.02 bits per heavy atom. The van der Waals surface area contributed by atoms with Crippen molar-refractivity contribution in [3.63, 3.8) is 0 Å². The fraction of sp³-hybridized carbons (Fsp3) is 0.154. The van der Waals surface area contributed by atoms with Gasteiger partial charge in [-0.25, -0.2) is 4.98 Å². The highest BCUT2D eigenvalue weighted by Crippen LogP contribution is 2.37. The lowest BCUT2D eigenvalue weighted by Gasteiger charge is -2.32. The van der Waals surface area contributed by atoms with Crippen LogP contribution in [0.2, 0.25) is 0 Å². The second kappa shape index (κ2) is 10.8. The first kappa shape index (κ1) is 28.4. The van der Waals surface area contributed by atoms with E-state index in [1.54, 1.807) is 0 Å². The number of rotatable bonds is 5. The molecular formula is C39H33BN4O2. The number of hydrogen-bond acceptors (Lipinski definition) is 5. The van der Waals surface area contributed by atoms with E-state index in [1.165, 1.54) is 0 Å². The predicted octanol–water partition coefficient (Wildman–Crippen LogP) is 8.27. The molecule has 0 radical (unpaired) electrons. The smallest absolute Gasteiger partial charge is 0.399 e. The number of nitrogens with zero attached hydrogens (tertiary/aromatic N) is 4. The fourth-order valence-electron chi connectivity index (χ4n) is 6.08. The number of aromatic nitrogens is 4. The summed E-state index contributed by atoms with van der Waals surface area (Å²) < 4.78 is 14.7. The van der Waals surface area contributed by atoms with Gasteiger partial charge in [-0.2, -0.15) is 9.97 Å². The summed E-state index contributed by atoms with van der Waals surface area (Å²) in [6, 6.07) is 43.7. The Bertz CT molecular complexity index is 2140. The highest BCUT2D eigenvalue weighted by atomic mass is 16.7. The van der Waals surface area contributed by atoms with Crippen LogP contribution in [0.25, 0.3) is 61.7 Å². The van der Waals surface area contributed by atoms with Gasteiger partial charge >= 0.3 is 7.12 Å². The van der Waals surface area contributed by atoms with Gasteiger partial charge in [0, 0.05) is 21.9 Å². The van der Waals surface area contributed by atoms with Gasteiger partial charge in [-0.05, 0) is 62.5 Å². The van der Waals surface area contributed by atoms with Crippen LogP contribution in [-0.4, -0.2) is 37.8 Å². The Hall–Kier alpha value is -5.11. The Balaban J connectivity index is 1.24. The third kappa shape index (κ3) is 4.80. The van der Waals surface area contributed by atoms with E-state index < -0.39 is 0 Å². The van der Waals surface area contributed by atoms with Crippen molar-refractivity contribution in [3.8, 4) is 39.9 Å². The van der Waals surface area contributed by atoms with E-state index in [2.05, 4.69) is 99.0 Å². The zero-order chi connectivity index (χ0) is 31.5. The van der Waals surface area contributed by atoms with Gasteiger partial charge in [0.1, 0.15) is 0 Å². The first-order valence-electron chi connectivity index (χ1n) is 15.6. The van der Waals surface area contributed by atoms with Gasteiger partial charge in [0.05, 0.1) is 22.2 Å². The SMILES string of the molecule is CC1(C)OB(c2ccc(-c3ccc4c(c3)c3ccccc3n4-c3nc(-c4ccccc4)nc(-c4ccccc4)n3)cc2)OC1(C)C. The van der Waals surface area contributed by atoms with Crippen molar-refractivity contribution >= 4 is 34.4 Å². The van der Waals surface area contributed by atoms with Gasteiger partial charge in [-0.15, -0.1) is 0 Å². The first-order valence-corrected chi connectivity index (χ1v) is 15.6. The van der Waals surface area contributed by atoms with E-state index >= 15 is 0 Å². The van der Waals surface area contributed by atoms with Gasteiger partial charge < -0.3 is 9.31 Å². The first-order chi connectivity index (χ1) is 22.3. The molecule has 7 aromatic rings. The van der Waals surface area contributed by atoms with Crippen molar-refractivity contribution in [2.24, 2.45) is 0 Å². The van der Waals surface area contributed by atoms with E-state index in [-0.39, 0.29) is 18.3 Å². The summed E-state index contributed by atoms with van der Waals surface area (Å²) in [6.07, 6.45) is 0. The summed E-state index contributed by atoms with van der Waals surface area (Å²) in [6.45, 7) is 8.31. The van der Waals surface area contributed by atoms with Crippen molar-refractivity contribution in [2.75, 3.05) is 0 Å². The molecule has 0 aliphatic carbocycles. The molecule has 0 spiro atoms. The van der Waals surface area contributed by atoms with Crippen LogP contribution in [0.5, 0.6) is 0 Å². The van der Waals surface area contributed by atoms with Crippen LogP contribution in [0.3, 0.4) is 0 Å². The molecule has 1 aliphatic heterocycles. The third-order valence-electron chi connectivity index (χ3n) is 9.33. The van der Waals surface area contributed by atoms with E-state index in [0.717, 1.165) is 49.5 Å². The normalized spacial score (nSPS) is 15.5. The highest BCUT2D eigenvalue weighted by molar-refractivity contribution is 6.62. The average Bonchev–Trinajstić information content (AvgIpc) is 3.53.